The fourth-order valence-electron chi connectivity index (χ4n) is 2.27. The van der Waals surface area contributed by atoms with Crippen molar-refractivity contribution in [3.8, 4) is 0 Å². The highest BCUT2D eigenvalue weighted by Crippen LogP contribution is 2.38. The average Bonchev–Trinajstić information content (AvgIpc) is 2.93. The Morgan fingerprint density at radius 1 is 1.53 bits per heavy atom. The number of H-pyrrole nitrogens is 1. The van der Waals surface area contributed by atoms with E-state index in [4.69, 9.17) is 11.6 Å². The van der Waals surface area contributed by atoms with Crippen LogP contribution in [0.15, 0.2) is 23.1 Å². The number of aromatic amines is 1. The van der Waals surface area contributed by atoms with E-state index < -0.39 is 0 Å². The predicted molar refractivity (Wildman–Crippen MR) is 75.3 cm³/mol. The topological polar surface area (TPSA) is 66.5 Å². The number of fused-ring (bicyclic) bond motifs is 1. The first kappa shape index (κ1) is 12.9. The van der Waals surface area contributed by atoms with Crippen molar-refractivity contribution in [1.29, 1.82) is 0 Å². The lowest BCUT2D eigenvalue weighted by atomic mass is 10.0. The number of tetrazole rings is 1. The van der Waals surface area contributed by atoms with Gasteiger partial charge in [0.15, 0.2) is 5.82 Å². The van der Waals surface area contributed by atoms with Crippen LogP contribution in [-0.2, 0) is 0 Å². The Hall–Kier alpha value is -1.11. The van der Waals surface area contributed by atoms with Crippen LogP contribution in [0.2, 0.25) is 5.02 Å². The number of aromatic nitrogens is 4. The highest BCUT2D eigenvalue weighted by molar-refractivity contribution is 7.99. The Morgan fingerprint density at radius 3 is 3.21 bits per heavy atom. The molecule has 1 aromatic carbocycles. The van der Waals surface area contributed by atoms with Crippen molar-refractivity contribution in [2.45, 2.75) is 30.3 Å². The second-order valence-corrected chi connectivity index (χ2v) is 6.10. The minimum Gasteiger partial charge on any atom is -0.300 e. The first-order chi connectivity index (χ1) is 9.24. The molecule has 2 unspecified atom stereocenters. The highest BCUT2D eigenvalue weighted by atomic mass is 35.5. The largest absolute Gasteiger partial charge is 0.300 e. The van der Waals surface area contributed by atoms with Gasteiger partial charge in [0.25, 0.3) is 0 Å². The Kier molecular flexibility index (Phi) is 3.72. The molecular weight excluding hydrogens is 282 g/mol. The van der Waals surface area contributed by atoms with Crippen LogP contribution in [-0.4, -0.2) is 26.4 Å². The molecule has 0 bridgehead atoms. The van der Waals surface area contributed by atoms with Gasteiger partial charge in [-0.1, -0.05) is 16.8 Å². The van der Waals surface area contributed by atoms with Crippen molar-refractivity contribution in [2.75, 3.05) is 5.75 Å². The van der Waals surface area contributed by atoms with Gasteiger partial charge < -0.3 is 5.32 Å². The molecule has 0 saturated carbocycles. The molecule has 2 heterocycles. The lowest BCUT2D eigenvalue weighted by Gasteiger charge is -2.28. The Labute approximate surface area is 120 Å². The zero-order valence-corrected chi connectivity index (χ0v) is 12.0. The molecule has 100 valence electrons. The van der Waals surface area contributed by atoms with Crippen LogP contribution in [0.5, 0.6) is 0 Å². The maximum absolute atomic E-state index is 6.10. The molecule has 2 aromatic rings. The molecule has 1 aliphatic rings. The lowest BCUT2D eigenvalue weighted by molar-refractivity contribution is 0.437. The van der Waals surface area contributed by atoms with Crippen molar-refractivity contribution < 1.29 is 0 Å². The van der Waals surface area contributed by atoms with Crippen molar-refractivity contribution in [1.82, 2.24) is 25.9 Å². The Balaban J connectivity index is 1.81. The van der Waals surface area contributed by atoms with Crippen LogP contribution in [0.25, 0.3) is 0 Å². The van der Waals surface area contributed by atoms with E-state index in [2.05, 4.69) is 32.0 Å². The van der Waals surface area contributed by atoms with E-state index in [1.165, 1.54) is 10.5 Å². The minimum absolute atomic E-state index is 0.0543. The first-order valence-corrected chi connectivity index (χ1v) is 7.52. The van der Waals surface area contributed by atoms with Crippen LogP contribution in [0.3, 0.4) is 0 Å². The Bertz CT molecular complexity index is 559. The number of hydrogen-bond donors (Lipinski definition) is 2. The number of benzene rings is 1. The van der Waals surface area contributed by atoms with Gasteiger partial charge in [0, 0.05) is 16.0 Å². The molecule has 2 N–H and O–H groups in total. The van der Waals surface area contributed by atoms with Crippen LogP contribution in [0.1, 0.15) is 36.8 Å². The lowest BCUT2D eigenvalue weighted by Crippen LogP contribution is -2.28. The van der Waals surface area contributed by atoms with Crippen molar-refractivity contribution in [2.24, 2.45) is 0 Å². The monoisotopic (exact) mass is 295 g/mol. The van der Waals surface area contributed by atoms with Gasteiger partial charge in [0.05, 0.1) is 6.04 Å². The SMILES string of the molecule is CC(NC1CCSc2ccc(Cl)cc21)c1nn[nH]n1. The maximum Gasteiger partial charge on any atom is 0.191 e. The van der Waals surface area contributed by atoms with Gasteiger partial charge in [-0.25, -0.2) is 0 Å². The summed E-state index contributed by atoms with van der Waals surface area (Å²) in [5.41, 5.74) is 1.26. The number of nitrogens with zero attached hydrogens (tertiary/aromatic N) is 3. The molecule has 1 aromatic heterocycles. The highest BCUT2D eigenvalue weighted by Gasteiger charge is 2.23. The van der Waals surface area contributed by atoms with Crippen molar-refractivity contribution >= 4 is 23.4 Å². The summed E-state index contributed by atoms with van der Waals surface area (Å²) in [6, 6.07) is 6.42. The summed E-state index contributed by atoms with van der Waals surface area (Å²) in [4.78, 5) is 1.30. The molecule has 2 atom stereocenters. The molecule has 1 aliphatic heterocycles. The van der Waals surface area contributed by atoms with E-state index in [0.29, 0.717) is 5.82 Å². The molecule has 0 aliphatic carbocycles. The molecule has 7 heteroatoms. The summed E-state index contributed by atoms with van der Waals surface area (Å²) < 4.78 is 0. The molecule has 19 heavy (non-hydrogen) atoms. The number of thioether (sulfide) groups is 1. The third-order valence-electron chi connectivity index (χ3n) is 3.21. The zero-order valence-electron chi connectivity index (χ0n) is 10.4. The third kappa shape index (κ3) is 2.75. The van der Waals surface area contributed by atoms with Gasteiger partial charge in [0.2, 0.25) is 0 Å². The fraction of sp³-hybridized carbons (Fsp3) is 0.417. The van der Waals surface area contributed by atoms with Crippen LogP contribution in [0.4, 0.5) is 0 Å². The summed E-state index contributed by atoms with van der Waals surface area (Å²) in [5.74, 6) is 1.78. The molecular formula is C12H14ClN5S. The van der Waals surface area contributed by atoms with Crippen LogP contribution >= 0.6 is 23.4 Å². The minimum atomic E-state index is 0.0543. The van der Waals surface area contributed by atoms with Crippen LogP contribution < -0.4 is 5.32 Å². The molecule has 0 amide bonds. The summed E-state index contributed by atoms with van der Waals surface area (Å²) in [6.45, 7) is 2.04. The summed E-state index contributed by atoms with van der Waals surface area (Å²) in [6.07, 6.45) is 1.07. The number of hydrogen-bond acceptors (Lipinski definition) is 5. The average molecular weight is 296 g/mol. The summed E-state index contributed by atoms with van der Waals surface area (Å²) in [5, 5.41) is 18.4. The molecule has 0 radical (unpaired) electrons. The number of halogens is 1. The summed E-state index contributed by atoms with van der Waals surface area (Å²) >= 11 is 7.98. The van der Waals surface area contributed by atoms with E-state index in [0.717, 1.165) is 17.2 Å². The van der Waals surface area contributed by atoms with Gasteiger partial charge in [-0.05, 0) is 42.9 Å². The van der Waals surface area contributed by atoms with Gasteiger partial charge in [-0.15, -0.1) is 22.0 Å². The number of nitrogens with one attached hydrogen (secondary N) is 2. The van der Waals surface area contributed by atoms with Gasteiger partial charge >= 0.3 is 0 Å². The quantitative estimate of drug-likeness (QED) is 0.911. The van der Waals surface area contributed by atoms with Gasteiger partial charge in [0.1, 0.15) is 0 Å². The maximum atomic E-state index is 6.10. The fourth-order valence-corrected chi connectivity index (χ4v) is 3.55. The van der Waals surface area contributed by atoms with E-state index >= 15 is 0 Å². The van der Waals surface area contributed by atoms with E-state index in [9.17, 15) is 0 Å². The Morgan fingerprint density at radius 2 is 2.42 bits per heavy atom. The van der Waals surface area contributed by atoms with E-state index in [-0.39, 0.29) is 12.1 Å². The molecule has 0 spiro atoms. The third-order valence-corrected chi connectivity index (χ3v) is 4.57. The second kappa shape index (κ2) is 5.48. The van der Waals surface area contributed by atoms with Crippen LogP contribution in [0, 0.1) is 0 Å². The van der Waals surface area contributed by atoms with Gasteiger partial charge in [-0.3, -0.25) is 0 Å². The molecule has 5 nitrogen and oxygen atoms in total. The second-order valence-electron chi connectivity index (χ2n) is 4.53. The normalized spacial score (nSPS) is 20.0. The molecule has 3 rings (SSSR count). The van der Waals surface area contributed by atoms with Crippen molar-refractivity contribution in [3.05, 3.63) is 34.6 Å². The predicted octanol–water partition coefficient (Wildman–Crippen LogP) is 2.74. The smallest absolute Gasteiger partial charge is 0.191 e. The molecule has 0 saturated heterocycles. The molecule has 0 fully saturated rings. The zero-order chi connectivity index (χ0) is 13.2. The van der Waals surface area contributed by atoms with Crippen molar-refractivity contribution in [3.63, 3.8) is 0 Å². The van der Waals surface area contributed by atoms with Gasteiger partial charge in [-0.2, -0.15) is 5.21 Å². The summed E-state index contributed by atoms with van der Waals surface area (Å²) in [7, 11) is 0. The van der Waals surface area contributed by atoms with E-state index in [1.807, 2.05) is 30.8 Å². The number of rotatable bonds is 3. The standard InChI is InChI=1S/C12H14ClN5S/c1-7(12-15-17-18-16-12)14-10-4-5-19-11-3-2-8(13)6-9(10)11/h2-3,6-7,10,14H,4-5H2,1H3,(H,15,16,17,18). The van der Waals surface area contributed by atoms with E-state index in [1.54, 1.807) is 0 Å². The first-order valence-electron chi connectivity index (χ1n) is 6.15.